The molecule has 1 atom stereocenters. The number of ketones is 1. The number of urea groups is 1. The van der Waals surface area contributed by atoms with Crippen molar-refractivity contribution in [1.29, 1.82) is 0 Å². The van der Waals surface area contributed by atoms with E-state index in [1.807, 2.05) is 37.3 Å². The Bertz CT molecular complexity index is 758. The number of carbonyl (C=O) groups is 3. The Morgan fingerprint density at radius 3 is 2.54 bits per heavy atom. The van der Waals surface area contributed by atoms with Crippen molar-refractivity contribution in [3.63, 3.8) is 0 Å². The topological polar surface area (TPSA) is 66.5 Å². The second kappa shape index (κ2) is 6.57. The number of nitrogens with one attached hydrogen (secondary N) is 1. The lowest BCUT2D eigenvalue weighted by atomic mass is 9.85. The van der Waals surface area contributed by atoms with E-state index in [1.165, 1.54) is 11.3 Å². The van der Waals surface area contributed by atoms with Crippen LogP contribution in [0, 0.1) is 0 Å². The van der Waals surface area contributed by atoms with Gasteiger partial charge in [0, 0.05) is 0 Å². The van der Waals surface area contributed by atoms with Gasteiger partial charge in [-0.3, -0.25) is 14.5 Å². The Balaban J connectivity index is 1.90. The van der Waals surface area contributed by atoms with Gasteiger partial charge in [-0.05, 0) is 23.4 Å². The van der Waals surface area contributed by atoms with E-state index >= 15 is 0 Å². The van der Waals surface area contributed by atoms with Gasteiger partial charge in [0.25, 0.3) is 5.91 Å². The largest absolute Gasteiger partial charge is 0.325 e. The van der Waals surface area contributed by atoms with E-state index in [0.29, 0.717) is 11.3 Å². The number of thiophene rings is 1. The first-order chi connectivity index (χ1) is 11.6. The number of hydrogen-bond acceptors (Lipinski definition) is 4. The molecule has 1 aromatic heterocycles. The summed E-state index contributed by atoms with van der Waals surface area (Å²) in [7, 11) is 0. The zero-order valence-corrected chi connectivity index (χ0v) is 14.1. The van der Waals surface area contributed by atoms with E-state index in [9.17, 15) is 14.4 Å². The minimum atomic E-state index is -1.08. The first kappa shape index (κ1) is 16.4. The molecule has 24 heavy (non-hydrogen) atoms. The Hall–Kier alpha value is -2.47. The van der Waals surface area contributed by atoms with Crippen LogP contribution in [0.4, 0.5) is 4.79 Å². The van der Waals surface area contributed by atoms with Crippen molar-refractivity contribution in [1.82, 2.24) is 10.2 Å². The van der Waals surface area contributed by atoms with Crippen molar-refractivity contribution in [3.8, 4) is 0 Å². The number of hydrogen-bond donors (Lipinski definition) is 1. The monoisotopic (exact) mass is 342 g/mol. The zero-order chi connectivity index (χ0) is 17.2. The third-order valence-electron chi connectivity index (χ3n) is 4.17. The van der Waals surface area contributed by atoms with Gasteiger partial charge in [0.2, 0.25) is 0 Å². The Morgan fingerprint density at radius 1 is 1.17 bits per heavy atom. The fraction of sp³-hybridized carbons (Fsp3) is 0.278. The highest BCUT2D eigenvalue weighted by Crippen LogP contribution is 2.33. The number of imide groups is 1. The van der Waals surface area contributed by atoms with E-state index < -0.39 is 11.6 Å². The molecule has 0 bridgehead atoms. The molecule has 0 spiro atoms. The quantitative estimate of drug-likeness (QED) is 0.648. The summed E-state index contributed by atoms with van der Waals surface area (Å²) in [6.45, 7) is 1.73. The summed E-state index contributed by atoms with van der Waals surface area (Å²) in [5.41, 5.74) is -0.334. The number of Topliss-reactive ketones (excluding diaryl/α,β-unsaturated/α-hetero) is 1. The Morgan fingerprint density at radius 2 is 1.92 bits per heavy atom. The summed E-state index contributed by atoms with van der Waals surface area (Å²) in [5, 5.41) is 4.62. The van der Waals surface area contributed by atoms with Gasteiger partial charge in [0.05, 0.1) is 11.4 Å². The summed E-state index contributed by atoms with van der Waals surface area (Å²) in [6.07, 6.45) is 1.22. The van der Waals surface area contributed by atoms with Crippen LogP contribution < -0.4 is 5.32 Å². The maximum absolute atomic E-state index is 13.0. The highest BCUT2D eigenvalue weighted by molar-refractivity contribution is 7.12. The summed E-state index contributed by atoms with van der Waals surface area (Å²) < 4.78 is 0. The maximum atomic E-state index is 13.0. The molecule has 0 radical (unpaired) electrons. The number of amides is 3. The van der Waals surface area contributed by atoms with E-state index in [1.54, 1.807) is 17.5 Å². The predicted molar refractivity (Wildman–Crippen MR) is 91.9 cm³/mol. The minimum Gasteiger partial charge on any atom is -0.319 e. The molecule has 1 aromatic carbocycles. The maximum Gasteiger partial charge on any atom is 0.325 e. The second-order valence-corrected chi connectivity index (χ2v) is 6.69. The summed E-state index contributed by atoms with van der Waals surface area (Å²) in [6, 6.07) is 12.2. The van der Waals surface area contributed by atoms with Crippen LogP contribution in [-0.4, -0.2) is 29.2 Å². The van der Waals surface area contributed by atoms with Gasteiger partial charge in [-0.1, -0.05) is 49.7 Å². The molecule has 124 valence electrons. The van der Waals surface area contributed by atoms with E-state index in [0.717, 1.165) is 16.9 Å². The van der Waals surface area contributed by atoms with Crippen LogP contribution in [0.5, 0.6) is 0 Å². The van der Waals surface area contributed by atoms with Crippen molar-refractivity contribution in [2.24, 2.45) is 0 Å². The molecule has 3 amide bonds. The molecule has 0 unspecified atom stereocenters. The average molecular weight is 342 g/mol. The summed E-state index contributed by atoms with van der Waals surface area (Å²) in [5.74, 6) is -0.584. The third kappa shape index (κ3) is 2.73. The minimum absolute atomic E-state index is 0.228. The molecule has 1 aliphatic heterocycles. The lowest BCUT2D eigenvalue weighted by molar-refractivity contribution is -0.131. The summed E-state index contributed by atoms with van der Waals surface area (Å²) >= 11 is 1.30. The standard InChI is InChI=1S/C18H18N2O3S/c1-2-10-18(13-7-4-3-5-8-13)16(22)20(17(23)19-18)12-14(21)15-9-6-11-24-15/h3-9,11H,2,10,12H2,1H3,(H,19,23)/t18-/m1/s1. The van der Waals surface area contributed by atoms with E-state index in [2.05, 4.69) is 5.32 Å². The van der Waals surface area contributed by atoms with Crippen LogP contribution in [0.25, 0.3) is 0 Å². The van der Waals surface area contributed by atoms with Crippen LogP contribution in [0.2, 0.25) is 0 Å². The van der Waals surface area contributed by atoms with Gasteiger partial charge >= 0.3 is 6.03 Å². The Kier molecular flexibility index (Phi) is 4.49. The van der Waals surface area contributed by atoms with E-state index in [-0.39, 0.29) is 18.2 Å². The zero-order valence-electron chi connectivity index (χ0n) is 13.3. The lowest BCUT2D eigenvalue weighted by Gasteiger charge is -2.26. The van der Waals surface area contributed by atoms with Crippen molar-refractivity contribution in [2.45, 2.75) is 25.3 Å². The molecule has 1 N–H and O–H groups in total. The molecule has 1 saturated heterocycles. The highest BCUT2D eigenvalue weighted by Gasteiger charge is 2.52. The molecular formula is C18H18N2O3S. The first-order valence-electron chi connectivity index (χ1n) is 7.85. The smallest absolute Gasteiger partial charge is 0.319 e. The Labute approximate surface area is 144 Å². The molecule has 6 heteroatoms. The van der Waals surface area contributed by atoms with Crippen LogP contribution in [-0.2, 0) is 10.3 Å². The fourth-order valence-electron chi connectivity index (χ4n) is 3.04. The number of nitrogens with zero attached hydrogens (tertiary/aromatic N) is 1. The van der Waals surface area contributed by atoms with Crippen molar-refractivity contribution in [2.75, 3.05) is 6.54 Å². The SMILES string of the molecule is CCC[C@]1(c2ccccc2)NC(=O)N(CC(=O)c2cccs2)C1=O. The normalized spacial score (nSPS) is 20.3. The predicted octanol–water partition coefficient (Wildman–Crippen LogP) is 3.18. The van der Waals surface area contributed by atoms with Gasteiger partial charge < -0.3 is 5.32 Å². The average Bonchev–Trinajstić information content (AvgIpc) is 3.20. The molecule has 3 rings (SSSR count). The number of carbonyl (C=O) groups excluding carboxylic acids is 3. The number of rotatable bonds is 6. The van der Waals surface area contributed by atoms with Gasteiger partial charge in [-0.15, -0.1) is 11.3 Å². The van der Waals surface area contributed by atoms with Gasteiger partial charge in [0.1, 0.15) is 5.54 Å². The van der Waals surface area contributed by atoms with Crippen molar-refractivity contribution in [3.05, 3.63) is 58.3 Å². The molecular weight excluding hydrogens is 324 g/mol. The van der Waals surface area contributed by atoms with Gasteiger partial charge in [-0.2, -0.15) is 0 Å². The third-order valence-corrected chi connectivity index (χ3v) is 5.08. The molecule has 0 aliphatic carbocycles. The van der Waals surface area contributed by atoms with E-state index in [4.69, 9.17) is 0 Å². The molecule has 5 nitrogen and oxygen atoms in total. The van der Waals surface area contributed by atoms with Crippen LogP contribution in [0.3, 0.4) is 0 Å². The van der Waals surface area contributed by atoms with Crippen molar-refractivity contribution < 1.29 is 14.4 Å². The highest BCUT2D eigenvalue weighted by atomic mass is 32.1. The molecule has 2 aromatic rings. The fourth-order valence-corrected chi connectivity index (χ4v) is 3.69. The molecule has 1 fully saturated rings. The van der Waals surface area contributed by atoms with Crippen LogP contribution in [0.1, 0.15) is 35.0 Å². The van der Waals surface area contributed by atoms with Crippen molar-refractivity contribution >= 4 is 29.1 Å². The molecule has 1 aliphatic rings. The first-order valence-corrected chi connectivity index (χ1v) is 8.73. The summed E-state index contributed by atoms with van der Waals surface area (Å²) in [4.78, 5) is 39.3. The van der Waals surface area contributed by atoms with Gasteiger partial charge in [-0.25, -0.2) is 4.79 Å². The lowest BCUT2D eigenvalue weighted by Crippen LogP contribution is -2.44. The number of benzene rings is 1. The van der Waals surface area contributed by atoms with Gasteiger partial charge in [0.15, 0.2) is 5.78 Å². The second-order valence-electron chi connectivity index (χ2n) is 5.74. The van der Waals surface area contributed by atoms with Crippen LogP contribution in [0.15, 0.2) is 47.8 Å². The molecule has 2 heterocycles. The molecule has 0 saturated carbocycles. The van der Waals surface area contributed by atoms with Crippen LogP contribution >= 0.6 is 11.3 Å².